The van der Waals surface area contributed by atoms with E-state index in [4.69, 9.17) is 5.11 Å². The first-order valence-electron chi connectivity index (χ1n) is 8.72. The number of carbonyl (C=O) groups is 1. The van der Waals surface area contributed by atoms with Gasteiger partial charge in [-0.3, -0.25) is 19.8 Å². The van der Waals surface area contributed by atoms with Crippen molar-refractivity contribution >= 4 is 21.7 Å². The number of aliphatic carboxylic acids is 1. The standard InChI is InChI=1S/C17H25N3O6S/c1-12-6-7-15(20(23)24)17(13(12)2)27(25,26)19-9-4-5-14(8-10-19)18(3)11-16(21)22/h6-7,14H,4-5,8-11H2,1-3H3,(H,21,22). The van der Waals surface area contributed by atoms with E-state index in [9.17, 15) is 23.3 Å². The first-order valence-corrected chi connectivity index (χ1v) is 10.2. The molecule has 0 saturated carbocycles. The third-order valence-corrected chi connectivity index (χ3v) is 7.19. The Balaban J connectivity index is 2.32. The van der Waals surface area contributed by atoms with Gasteiger partial charge in [-0.2, -0.15) is 4.31 Å². The van der Waals surface area contributed by atoms with Crippen LogP contribution in [0.25, 0.3) is 0 Å². The normalized spacial score (nSPS) is 19.0. The number of hydrogen-bond acceptors (Lipinski definition) is 6. The van der Waals surface area contributed by atoms with Crippen molar-refractivity contribution in [1.82, 2.24) is 9.21 Å². The van der Waals surface area contributed by atoms with Crippen LogP contribution >= 0.6 is 0 Å². The minimum Gasteiger partial charge on any atom is -0.480 e. The van der Waals surface area contributed by atoms with Gasteiger partial charge in [0, 0.05) is 25.2 Å². The Morgan fingerprint density at radius 2 is 2.00 bits per heavy atom. The van der Waals surface area contributed by atoms with Gasteiger partial charge in [-0.15, -0.1) is 0 Å². The number of nitro benzene ring substituents is 1. The lowest BCUT2D eigenvalue weighted by atomic mass is 10.1. The quantitative estimate of drug-likeness (QED) is 0.571. The van der Waals surface area contributed by atoms with Crippen LogP contribution in [0.15, 0.2) is 17.0 Å². The Hall–Kier alpha value is -2.04. The fourth-order valence-electron chi connectivity index (χ4n) is 3.45. The van der Waals surface area contributed by atoms with E-state index in [2.05, 4.69) is 0 Å². The van der Waals surface area contributed by atoms with Crippen LogP contribution in [-0.2, 0) is 14.8 Å². The smallest absolute Gasteiger partial charge is 0.317 e. The number of carboxylic acids is 1. The first-order chi connectivity index (χ1) is 12.6. The van der Waals surface area contributed by atoms with Gasteiger partial charge in [0.15, 0.2) is 4.90 Å². The summed E-state index contributed by atoms with van der Waals surface area (Å²) in [6, 6.07) is 2.73. The summed E-state index contributed by atoms with van der Waals surface area (Å²) in [4.78, 5) is 23.1. The largest absolute Gasteiger partial charge is 0.480 e. The number of carboxylic acid groups (broad SMARTS) is 1. The van der Waals surface area contributed by atoms with Crippen molar-refractivity contribution in [1.29, 1.82) is 0 Å². The van der Waals surface area contributed by atoms with E-state index < -0.39 is 26.6 Å². The van der Waals surface area contributed by atoms with Gasteiger partial charge in [0.2, 0.25) is 10.0 Å². The van der Waals surface area contributed by atoms with Crippen molar-refractivity contribution in [2.24, 2.45) is 0 Å². The second kappa shape index (κ2) is 8.32. The summed E-state index contributed by atoms with van der Waals surface area (Å²) in [5.74, 6) is -0.933. The number of aryl methyl sites for hydroxylation is 1. The van der Waals surface area contributed by atoms with Gasteiger partial charge in [0.25, 0.3) is 5.69 Å². The third-order valence-electron chi connectivity index (χ3n) is 5.12. The van der Waals surface area contributed by atoms with Gasteiger partial charge in [-0.1, -0.05) is 6.07 Å². The molecule has 1 heterocycles. The molecule has 2 rings (SSSR count). The Morgan fingerprint density at radius 3 is 2.59 bits per heavy atom. The van der Waals surface area contributed by atoms with Gasteiger partial charge in [-0.25, -0.2) is 8.42 Å². The second-order valence-electron chi connectivity index (χ2n) is 6.91. The zero-order chi connectivity index (χ0) is 20.4. The minimum atomic E-state index is -4.03. The molecule has 0 aliphatic carbocycles. The van der Waals surface area contributed by atoms with Gasteiger partial charge in [0.1, 0.15) is 0 Å². The number of rotatable bonds is 6. The molecular weight excluding hydrogens is 374 g/mol. The number of benzene rings is 1. The summed E-state index contributed by atoms with van der Waals surface area (Å²) in [5, 5.41) is 20.3. The Bertz CT molecular complexity index is 839. The molecule has 27 heavy (non-hydrogen) atoms. The monoisotopic (exact) mass is 399 g/mol. The van der Waals surface area contributed by atoms with Gasteiger partial charge >= 0.3 is 5.97 Å². The van der Waals surface area contributed by atoms with Crippen molar-refractivity contribution in [2.45, 2.75) is 44.0 Å². The van der Waals surface area contributed by atoms with E-state index in [1.54, 1.807) is 31.9 Å². The molecule has 0 aromatic heterocycles. The predicted octanol–water partition coefficient (Wildman–Crippen LogP) is 1.77. The summed E-state index contributed by atoms with van der Waals surface area (Å²) >= 11 is 0. The lowest BCUT2D eigenvalue weighted by Gasteiger charge is -2.25. The zero-order valence-electron chi connectivity index (χ0n) is 15.7. The van der Waals surface area contributed by atoms with Gasteiger partial charge < -0.3 is 5.11 Å². The van der Waals surface area contributed by atoms with Crippen molar-refractivity contribution in [3.8, 4) is 0 Å². The Kier molecular flexibility index (Phi) is 6.55. The van der Waals surface area contributed by atoms with Crippen molar-refractivity contribution in [2.75, 3.05) is 26.7 Å². The maximum absolute atomic E-state index is 13.2. The fraction of sp³-hybridized carbons (Fsp3) is 0.588. The summed E-state index contributed by atoms with van der Waals surface area (Å²) in [6.07, 6.45) is 1.71. The van der Waals surface area contributed by atoms with E-state index in [0.717, 1.165) is 0 Å². The fourth-order valence-corrected chi connectivity index (χ4v) is 5.38. The van der Waals surface area contributed by atoms with Crippen molar-refractivity contribution in [3.63, 3.8) is 0 Å². The average Bonchev–Trinajstić information content (AvgIpc) is 2.82. The van der Waals surface area contributed by atoms with Crippen LogP contribution in [-0.4, -0.2) is 66.3 Å². The number of likely N-dealkylation sites (N-methyl/N-ethyl adjacent to an activating group) is 1. The molecule has 0 bridgehead atoms. The maximum Gasteiger partial charge on any atom is 0.317 e. The van der Waals surface area contributed by atoms with Crippen LogP contribution < -0.4 is 0 Å². The van der Waals surface area contributed by atoms with Crippen LogP contribution in [0.5, 0.6) is 0 Å². The van der Waals surface area contributed by atoms with Crippen molar-refractivity contribution < 1.29 is 23.2 Å². The van der Waals surface area contributed by atoms with Crippen molar-refractivity contribution in [3.05, 3.63) is 33.4 Å². The van der Waals surface area contributed by atoms with Crippen LogP contribution in [0.1, 0.15) is 30.4 Å². The molecular formula is C17H25N3O6S. The maximum atomic E-state index is 13.2. The lowest BCUT2D eigenvalue weighted by molar-refractivity contribution is -0.388. The number of nitrogens with zero attached hydrogens (tertiary/aromatic N) is 3. The summed E-state index contributed by atoms with van der Waals surface area (Å²) < 4.78 is 27.7. The predicted molar refractivity (Wildman–Crippen MR) is 99.2 cm³/mol. The molecule has 1 aliphatic heterocycles. The molecule has 1 aromatic carbocycles. The topological polar surface area (TPSA) is 121 Å². The molecule has 0 radical (unpaired) electrons. The van der Waals surface area contributed by atoms with E-state index in [1.165, 1.54) is 10.4 Å². The van der Waals surface area contributed by atoms with Crippen LogP contribution in [0.2, 0.25) is 0 Å². The molecule has 1 aromatic rings. The molecule has 0 spiro atoms. The molecule has 0 amide bonds. The molecule has 1 fully saturated rings. The highest BCUT2D eigenvalue weighted by Crippen LogP contribution is 2.33. The number of hydrogen-bond donors (Lipinski definition) is 1. The lowest BCUT2D eigenvalue weighted by Crippen LogP contribution is -2.37. The molecule has 1 unspecified atom stereocenters. The van der Waals surface area contributed by atoms with E-state index in [0.29, 0.717) is 30.4 Å². The van der Waals surface area contributed by atoms with Crippen LogP contribution in [0.4, 0.5) is 5.69 Å². The molecule has 1 saturated heterocycles. The minimum absolute atomic E-state index is 0.0464. The van der Waals surface area contributed by atoms with Gasteiger partial charge in [-0.05, 0) is 51.3 Å². The van der Waals surface area contributed by atoms with Gasteiger partial charge in [0.05, 0.1) is 11.5 Å². The summed E-state index contributed by atoms with van der Waals surface area (Å²) in [6.45, 7) is 3.64. The van der Waals surface area contributed by atoms with E-state index >= 15 is 0 Å². The highest BCUT2D eigenvalue weighted by atomic mass is 32.2. The Morgan fingerprint density at radius 1 is 1.33 bits per heavy atom. The molecule has 1 N–H and O–H groups in total. The summed E-state index contributed by atoms with van der Waals surface area (Å²) in [5.41, 5.74) is 0.642. The van der Waals surface area contributed by atoms with Crippen LogP contribution in [0, 0.1) is 24.0 Å². The highest BCUT2D eigenvalue weighted by Gasteiger charge is 2.35. The second-order valence-corrected chi connectivity index (χ2v) is 8.79. The average molecular weight is 399 g/mol. The molecule has 9 nitrogen and oxygen atoms in total. The molecule has 150 valence electrons. The molecule has 1 aliphatic rings. The number of nitro groups is 1. The molecule has 1 atom stereocenters. The first kappa shape index (κ1) is 21.3. The number of sulfonamides is 1. The zero-order valence-corrected chi connectivity index (χ0v) is 16.5. The SMILES string of the molecule is Cc1ccc([N+](=O)[O-])c(S(=O)(=O)N2CCCC(N(C)CC(=O)O)CC2)c1C. The van der Waals surface area contributed by atoms with E-state index in [-0.39, 0.29) is 30.6 Å². The van der Waals surface area contributed by atoms with Crippen LogP contribution in [0.3, 0.4) is 0 Å². The Labute approximate surface area is 158 Å². The summed E-state index contributed by atoms with van der Waals surface area (Å²) in [7, 11) is -2.32. The van der Waals surface area contributed by atoms with E-state index in [1.807, 2.05) is 0 Å². The highest BCUT2D eigenvalue weighted by molar-refractivity contribution is 7.89. The third kappa shape index (κ3) is 4.63. The molecule has 10 heteroatoms.